The van der Waals surface area contributed by atoms with Gasteiger partial charge < -0.3 is 0 Å². The maximum atomic E-state index is 2.57. The summed E-state index contributed by atoms with van der Waals surface area (Å²) in [5.41, 5.74) is 1.96. The van der Waals surface area contributed by atoms with Crippen LogP contribution in [-0.4, -0.2) is 21.0 Å². The van der Waals surface area contributed by atoms with Gasteiger partial charge in [0.05, 0.1) is 3.55 Å². The molecule has 1 aliphatic heterocycles. The molecule has 0 unspecified atom stereocenters. The van der Waals surface area contributed by atoms with Crippen molar-refractivity contribution in [2.75, 3.05) is 6.54 Å². The lowest BCUT2D eigenvalue weighted by Crippen LogP contribution is -2.47. The summed E-state index contributed by atoms with van der Waals surface area (Å²) in [6.45, 7) is 15.0. The van der Waals surface area contributed by atoms with Crippen LogP contribution in [0, 0.1) is 5.41 Å². The summed E-state index contributed by atoms with van der Waals surface area (Å²) in [6.07, 6.45) is 3.65. The molecule has 1 heterocycles. The zero-order chi connectivity index (χ0) is 11.9. The third kappa shape index (κ3) is 3.45. The molecule has 1 aliphatic rings. The second kappa shape index (κ2) is 4.36. The average molecular weight is 321 g/mol. The Morgan fingerprint density at radius 2 is 1.80 bits per heavy atom. The van der Waals surface area contributed by atoms with Gasteiger partial charge in [-0.15, -0.1) is 0 Å². The van der Waals surface area contributed by atoms with Crippen molar-refractivity contribution >= 4 is 22.6 Å². The predicted molar refractivity (Wildman–Crippen MR) is 76.4 cm³/mol. The third-order valence-corrected chi connectivity index (χ3v) is 3.85. The number of alkyl halides is 1. The number of hydrogen-bond donors (Lipinski definition) is 0. The smallest absolute Gasteiger partial charge is 0.0678 e. The molecule has 2 heteroatoms. The molecule has 0 amide bonds. The quantitative estimate of drug-likeness (QED) is 0.302. The first-order chi connectivity index (χ1) is 6.62. The van der Waals surface area contributed by atoms with Crippen molar-refractivity contribution in [1.29, 1.82) is 0 Å². The van der Waals surface area contributed by atoms with E-state index in [1.54, 1.807) is 5.57 Å². The summed E-state index contributed by atoms with van der Waals surface area (Å²) in [7, 11) is 0. The fourth-order valence-electron chi connectivity index (χ4n) is 2.25. The Morgan fingerprint density at radius 3 is 2.13 bits per heavy atom. The Bertz CT molecular complexity index is 255. The molecular weight excluding hydrogens is 297 g/mol. The number of rotatable bonds is 1. The SMILES string of the molecule is C[C@H]1CC(C(C)(C)C)=CCN1C(C)(C)I. The minimum absolute atomic E-state index is 0.261. The van der Waals surface area contributed by atoms with Crippen molar-refractivity contribution in [1.82, 2.24) is 4.90 Å². The summed E-state index contributed by atoms with van der Waals surface area (Å²) >= 11 is 2.54. The third-order valence-electron chi connectivity index (χ3n) is 3.23. The Balaban J connectivity index is 2.81. The van der Waals surface area contributed by atoms with Crippen LogP contribution in [0.3, 0.4) is 0 Å². The molecule has 1 nitrogen and oxygen atoms in total. The molecule has 15 heavy (non-hydrogen) atoms. The molecule has 0 aromatic heterocycles. The van der Waals surface area contributed by atoms with E-state index in [4.69, 9.17) is 0 Å². The van der Waals surface area contributed by atoms with Crippen LogP contribution in [0.1, 0.15) is 48.0 Å². The first kappa shape index (κ1) is 13.5. The minimum Gasteiger partial charge on any atom is -0.283 e. The molecule has 0 spiro atoms. The summed E-state index contributed by atoms with van der Waals surface area (Å²) in [5, 5.41) is 0. The minimum atomic E-state index is 0.261. The predicted octanol–water partition coefficient (Wildman–Crippen LogP) is 4.22. The second-order valence-corrected chi connectivity index (χ2v) is 8.73. The van der Waals surface area contributed by atoms with Gasteiger partial charge in [0.2, 0.25) is 0 Å². The van der Waals surface area contributed by atoms with E-state index in [2.05, 4.69) is 75.1 Å². The van der Waals surface area contributed by atoms with Crippen molar-refractivity contribution in [3.05, 3.63) is 11.6 Å². The highest BCUT2D eigenvalue weighted by atomic mass is 127. The lowest BCUT2D eigenvalue weighted by Gasteiger charge is -2.43. The standard InChI is InChI=1S/C13H24IN/c1-10-9-11(12(2,3)4)7-8-15(10)13(5,6)14/h7,10H,8-9H2,1-6H3/t10-/m0/s1. The molecular formula is C13H24IN. The van der Waals surface area contributed by atoms with Crippen LogP contribution in [0.4, 0.5) is 0 Å². The van der Waals surface area contributed by atoms with Gasteiger partial charge in [-0.1, -0.05) is 55.0 Å². The monoisotopic (exact) mass is 321 g/mol. The summed E-state index contributed by atoms with van der Waals surface area (Å²) in [4.78, 5) is 2.57. The molecule has 0 radical (unpaired) electrons. The molecule has 0 bridgehead atoms. The van der Waals surface area contributed by atoms with E-state index in [-0.39, 0.29) is 3.55 Å². The van der Waals surface area contributed by atoms with E-state index in [0.29, 0.717) is 11.5 Å². The maximum absolute atomic E-state index is 2.57. The van der Waals surface area contributed by atoms with E-state index < -0.39 is 0 Å². The van der Waals surface area contributed by atoms with Crippen molar-refractivity contribution < 1.29 is 0 Å². The van der Waals surface area contributed by atoms with Gasteiger partial charge in [-0.25, -0.2) is 0 Å². The molecule has 0 fully saturated rings. The maximum Gasteiger partial charge on any atom is 0.0678 e. The Hall–Kier alpha value is 0.430. The van der Waals surface area contributed by atoms with E-state index >= 15 is 0 Å². The van der Waals surface area contributed by atoms with Gasteiger partial charge in [0, 0.05) is 12.6 Å². The fourth-order valence-corrected chi connectivity index (χ4v) is 2.93. The van der Waals surface area contributed by atoms with Crippen LogP contribution < -0.4 is 0 Å². The second-order valence-electron chi connectivity index (χ2n) is 6.09. The van der Waals surface area contributed by atoms with Crippen molar-refractivity contribution in [2.45, 2.75) is 57.6 Å². The molecule has 0 aliphatic carbocycles. The van der Waals surface area contributed by atoms with Crippen LogP contribution in [0.5, 0.6) is 0 Å². The lowest BCUT2D eigenvalue weighted by molar-refractivity contribution is 0.154. The van der Waals surface area contributed by atoms with Crippen molar-refractivity contribution in [2.24, 2.45) is 5.41 Å². The Labute approximate surface area is 108 Å². The number of halogens is 1. The van der Waals surface area contributed by atoms with Crippen LogP contribution >= 0.6 is 22.6 Å². The largest absolute Gasteiger partial charge is 0.283 e. The fraction of sp³-hybridized carbons (Fsp3) is 0.846. The average Bonchev–Trinajstić information content (AvgIpc) is 1.99. The van der Waals surface area contributed by atoms with Crippen LogP contribution in [0.2, 0.25) is 0 Å². The van der Waals surface area contributed by atoms with Crippen LogP contribution in [0.25, 0.3) is 0 Å². The van der Waals surface area contributed by atoms with Gasteiger partial charge in [-0.05, 0) is 32.6 Å². The van der Waals surface area contributed by atoms with Crippen LogP contribution in [0.15, 0.2) is 11.6 Å². The highest BCUT2D eigenvalue weighted by Gasteiger charge is 2.32. The Morgan fingerprint density at radius 1 is 1.27 bits per heavy atom. The zero-order valence-electron chi connectivity index (χ0n) is 10.9. The van der Waals surface area contributed by atoms with Gasteiger partial charge >= 0.3 is 0 Å². The highest BCUT2D eigenvalue weighted by Crippen LogP contribution is 2.36. The molecule has 0 N–H and O–H groups in total. The molecule has 0 saturated heterocycles. The number of nitrogens with zero attached hydrogens (tertiary/aromatic N) is 1. The zero-order valence-corrected chi connectivity index (χ0v) is 13.1. The van der Waals surface area contributed by atoms with Crippen molar-refractivity contribution in [3.8, 4) is 0 Å². The van der Waals surface area contributed by atoms with Crippen LogP contribution in [-0.2, 0) is 0 Å². The summed E-state index contributed by atoms with van der Waals surface area (Å²) in [6, 6.07) is 0.663. The van der Waals surface area contributed by atoms with Gasteiger partial charge in [0.15, 0.2) is 0 Å². The summed E-state index contributed by atoms with van der Waals surface area (Å²) < 4.78 is 0.261. The molecule has 0 aromatic carbocycles. The van der Waals surface area contributed by atoms with Gasteiger partial charge in [-0.2, -0.15) is 0 Å². The van der Waals surface area contributed by atoms with Gasteiger partial charge in [0.25, 0.3) is 0 Å². The van der Waals surface area contributed by atoms with Gasteiger partial charge in [0.1, 0.15) is 0 Å². The van der Waals surface area contributed by atoms with Gasteiger partial charge in [-0.3, -0.25) is 4.90 Å². The summed E-state index contributed by atoms with van der Waals surface area (Å²) in [5.74, 6) is 0. The van der Waals surface area contributed by atoms with E-state index in [0.717, 1.165) is 6.54 Å². The first-order valence-corrected chi connectivity index (χ1v) is 6.85. The van der Waals surface area contributed by atoms with E-state index in [1.807, 2.05) is 0 Å². The molecule has 0 saturated carbocycles. The highest BCUT2D eigenvalue weighted by molar-refractivity contribution is 14.1. The van der Waals surface area contributed by atoms with E-state index in [9.17, 15) is 0 Å². The first-order valence-electron chi connectivity index (χ1n) is 5.77. The Kier molecular flexibility index (Phi) is 3.92. The number of hydrogen-bond acceptors (Lipinski definition) is 1. The molecule has 1 atom stereocenters. The molecule has 0 aromatic rings. The topological polar surface area (TPSA) is 3.24 Å². The van der Waals surface area contributed by atoms with E-state index in [1.165, 1.54) is 6.42 Å². The molecule has 88 valence electrons. The molecule has 1 rings (SSSR count). The van der Waals surface area contributed by atoms with Crippen molar-refractivity contribution in [3.63, 3.8) is 0 Å². The lowest BCUT2D eigenvalue weighted by atomic mass is 9.80. The normalized spacial score (nSPS) is 25.3.